The number of hydrogen-bond acceptors (Lipinski definition) is 1. The second-order valence-corrected chi connectivity index (χ2v) is 5.60. The van der Waals surface area contributed by atoms with Gasteiger partial charge in [0.05, 0.1) is 0 Å². The molecular formula is C16H14S. The first-order valence-electron chi connectivity index (χ1n) is 5.86. The third-order valence-corrected chi connectivity index (χ3v) is 4.08. The lowest BCUT2D eigenvalue weighted by Crippen LogP contribution is -1.84. The van der Waals surface area contributed by atoms with Crippen LogP contribution in [0.1, 0.15) is 16.2 Å². The minimum atomic E-state index is 1.05. The number of allylic oxidation sites excluding steroid dienone is 10. The summed E-state index contributed by atoms with van der Waals surface area (Å²) >= 11 is 1.86. The van der Waals surface area contributed by atoms with Crippen LogP contribution in [-0.2, 0) is 0 Å². The van der Waals surface area contributed by atoms with Crippen molar-refractivity contribution in [2.75, 3.05) is 0 Å². The van der Waals surface area contributed by atoms with E-state index in [4.69, 9.17) is 0 Å². The molecule has 0 saturated carbocycles. The van der Waals surface area contributed by atoms with Gasteiger partial charge >= 0.3 is 0 Å². The van der Waals surface area contributed by atoms with E-state index in [0.717, 1.165) is 6.42 Å². The lowest BCUT2D eigenvalue weighted by molar-refractivity contribution is 1.24. The van der Waals surface area contributed by atoms with Crippen molar-refractivity contribution in [1.82, 2.24) is 0 Å². The van der Waals surface area contributed by atoms with Gasteiger partial charge in [0.25, 0.3) is 0 Å². The monoisotopic (exact) mass is 238 g/mol. The summed E-state index contributed by atoms with van der Waals surface area (Å²) in [6.07, 6.45) is 16.4. The molecule has 0 atom stereocenters. The van der Waals surface area contributed by atoms with E-state index in [1.807, 2.05) is 11.3 Å². The number of hydrogen-bond donors (Lipinski definition) is 0. The van der Waals surface area contributed by atoms with Gasteiger partial charge in [-0.15, -0.1) is 11.3 Å². The van der Waals surface area contributed by atoms with Crippen molar-refractivity contribution < 1.29 is 0 Å². The zero-order valence-electron chi connectivity index (χ0n) is 9.81. The van der Waals surface area contributed by atoms with Crippen molar-refractivity contribution in [2.45, 2.75) is 13.3 Å². The molecule has 0 N–H and O–H groups in total. The summed E-state index contributed by atoms with van der Waals surface area (Å²) in [4.78, 5) is 2.74. The zero-order chi connectivity index (χ0) is 11.7. The van der Waals surface area contributed by atoms with Crippen LogP contribution < -0.4 is 0 Å². The Kier molecular flexibility index (Phi) is 2.69. The topological polar surface area (TPSA) is 0 Å². The highest BCUT2D eigenvalue weighted by atomic mass is 32.1. The Bertz CT molecular complexity index is 589. The highest BCUT2D eigenvalue weighted by molar-refractivity contribution is 7.13. The highest BCUT2D eigenvalue weighted by Crippen LogP contribution is 2.32. The molecule has 0 aromatic carbocycles. The van der Waals surface area contributed by atoms with Gasteiger partial charge in [0.1, 0.15) is 0 Å². The number of aryl methyl sites for hydroxylation is 1. The molecule has 3 rings (SSSR count). The summed E-state index contributed by atoms with van der Waals surface area (Å²) in [7, 11) is 0. The van der Waals surface area contributed by atoms with Crippen molar-refractivity contribution in [3.8, 4) is 0 Å². The Labute approximate surface area is 106 Å². The lowest BCUT2D eigenvalue weighted by Gasteiger charge is -2.03. The molecule has 0 fully saturated rings. The smallest absolute Gasteiger partial charge is 0.0345 e. The van der Waals surface area contributed by atoms with Gasteiger partial charge in [-0.05, 0) is 48.3 Å². The van der Waals surface area contributed by atoms with Crippen LogP contribution in [0.3, 0.4) is 0 Å². The molecule has 0 bridgehead atoms. The first-order valence-corrected chi connectivity index (χ1v) is 6.67. The Morgan fingerprint density at radius 1 is 1.06 bits per heavy atom. The van der Waals surface area contributed by atoms with Crippen molar-refractivity contribution in [1.29, 1.82) is 0 Å². The molecule has 0 nitrogen and oxygen atoms in total. The number of rotatable bonds is 1. The van der Waals surface area contributed by atoms with Gasteiger partial charge in [-0.3, -0.25) is 0 Å². The van der Waals surface area contributed by atoms with Crippen molar-refractivity contribution in [3.63, 3.8) is 0 Å². The fourth-order valence-corrected chi connectivity index (χ4v) is 2.98. The van der Waals surface area contributed by atoms with E-state index in [1.54, 1.807) is 0 Å². The quantitative estimate of drug-likeness (QED) is 0.658. The molecule has 0 aliphatic heterocycles. The van der Waals surface area contributed by atoms with E-state index >= 15 is 0 Å². The summed E-state index contributed by atoms with van der Waals surface area (Å²) < 4.78 is 0. The van der Waals surface area contributed by atoms with Crippen LogP contribution in [0.25, 0.3) is 5.57 Å². The molecule has 0 spiro atoms. The summed E-state index contributed by atoms with van der Waals surface area (Å²) in [5, 5.41) is 0. The third kappa shape index (κ3) is 2.11. The minimum Gasteiger partial charge on any atom is -0.141 e. The van der Waals surface area contributed by atoms with Crippen LogP contribution in [0.4, 0.5) is 0 Å². The predicted octanol–water partition coefficient (Wildman–Crippen LogP) is 4.82. The molecule has 0 unspecified atom stereocenters. The Balaban J connectivity index is 1.94. The van der Waals surface area contributed by atoms with E-state index in [0.29, 0.717) is 0 Å². The van der Waals surface area contributed by atoms with Gasteiger partial charge in [0, 0.05) is 9.75 Å². The van der Waals surface area contributed by atoms with Gasteiger partial charge in [-0.25, -0.2) is 0 Å². The van der Waals surface area contributed by atoms with Crippen LogP contribution in [0.2, 0.25) is 0 Å². The van der Waals surface area contributed by atoms with E-state index in [2.05, 4.69) is 61.6 Å². The highest BCUT2D eigenvalue weighted by Gasteiger charge is 2.09. The molecule has 17 heavy (non-hydrogen) atoms. The zero-order valence-corrected chi connectivity index (χ0v) is 10.6. The first kappa shape index (κ1) is 10.5. The van der Waals surface area contributed by atoms with E-state index in [1.165, 1.54) is 26.5 Å². The molecule has 1 aromatic heterocycles. The fourth-order valence-electron chi connectivity index (χ4n) is 2.11. The molecule has 2 aliphatic carbocycles. The Hall–Kier alpha value is -1.60. The summed E-state index contributed by atoms with van der Waals surface area (Å²) in [6, 6.07) is 4.39. The van der Waals surface area contributed by atoms with Gasteiger partial charge in [-0.1, -0.05) is 36.5 Å². The van der Waals surface area contributed by atoms with E-state index in [9.17, 15) is 0 Å². The maximum Gasteiger partial charge on any atom is 0.0345 e. The molecule has 1 heteroatoms. The molecule has 84 valence electrons. The minimum absolute atomic E-state index is 1.05. The molecule has 1 heterocycles. The van der Waals surface area contributed by atoms with Crippen molar-refractivity contribution in [3.05, 3.63) is 75.6 Å². The maximum atomic E-state index is 2.30. The Morgan fingerprint density at radius 3 is 2.71 bits per heavy atom. The fraction of sp³-hybridized carbons (Fsp3) is 0.125. The standard InChI is InChI=1S/C16H14S/c1-12-7-10-16(17-12)15-9-8-14(11-15)13-5-3-2-4-6-13/h2-5,7-11H,6H2,1H3. The largest absolute Gasteiger partial charge is 0.141 e. The maximum absolute atomic E-state index is 2.30. The summed E-state index contributed by atoms with van der Waals surface area (Å²) in [6.45, 7) is 2.15. The van der Waals surface area contributed by atoms with Crippen LogP contribution in [0.5, 0.6) is 0 Å². The molecule has 0 saturated heterocycles. The van der Waals surface area contributed by atoms with Crippen molar-refractivity contribution >= 4 is 16.9 Å². The van der Waals surface area contributed by atoms with Crippen LogP contribution in [0, 0.1) is 6.92 Å². The van der Waals surface area contributed by atoms with Gasteiger partial charge in [-0.2, -0.15) is 0 Å². The average molecular weight is 238 g/mol. The van der Waals surface area contributed by atoms with Gasteiger partial charge in [0.15, 0.2) is 0 Å². The van der Waals surface area contributed by atoms with Crippen molar-refractivity contribution in [2.24, 2.45) is 0 Å². The lowest BCUT2D eigenvalue weighted by atomic mass is 10.0. The summed E-state index contributed by atoms with van der Waals surface area (Å²) in [5.74, 6) is 0. The molecule has 0 amide bonds. The Morgan fingerprint density at radius 2 is 2.00 bits per heavy atom. The van der Waals surface area contributed by atoms with Crippen LogP contribution in [0.15, 0.2) is 65.8 Å². The SMILES string of the molecule is Cc1ccc(C2=CC(=C3C=CC=CC3)C=C2)s1. The molecule has 2 aliphatic rings. The summed E-state index contributed by atoms with van der Waals surface area (Å²) in [5.41, 5.74) is 4.10. The molecule has 0 radical (unpaired) electrons. The average Bonchev–Trinajstić information content (AvgIpc) is 2.98. The van der Waals surface area contributed by atoms with E-state index < -0.39 is 0 Å². The second kappa shape index (κ2) is 4.34. The predicted molar refractivity (Wildman–Crippen MR) is 76.1 cm³/mol. The van der Waals surface area contributed by atoms with Gasteiger partial charge in [0.2, 0.25) is 0 Å². The normalized spacial score (nSPS) is 22.3. The van der Waals surface area contributed by atoms with Crippen LogP contribution >= 0.6 is 11.3 Å². The van der Waals surface area contributed by atoms with E-state index in [-0.39, 0.29) is 0 Å². The number of thiophene rings is 1. The molecular weight excluding hydrogens is 224 g/mol. The van der Waals surface area contributed by atoms with Crippen LogP contribution in [-0.4, -0.2) is 0 Å². The molecule has 1 aromatic rings. The second-order valence-electron chi connectivity index (χ2n) is 4.32. The first-order chi connectivity index (χ1) is 8.33. The third-order valence-electron chi connectivity index (χ3n) is 3.03. The van der Waals surface area contributed by atoms with Gasteiger partial charge < -0.3 is 0 Å².